The summed E-state index contributed by atoms with van der Waals surface area (Å²) >= 11 is 0. The third-order valence-electron chi connectivity index (χ3n) is 6.66. The molecule has 33 heavy (non-hydrogen) atoms. The van der Waals surface area contributed by atoms with E-state index in [9.17, 15) is 23.1 Å². The number of aliphatic hydroxyl groups is 1. The van der Waals surface area contributed by atoms with Crippen LogP contribution in [0.25, 0.3) is 11.0 Å². The maximum Gasteiger partial charge on any atom is 0.339 e. The number of carbonyl (C=O) groups excluding carboxylic acids is 1. The number of hydrogen-bond donors (Lipinski definition) is 2. The van der Waals surface area contributed by atoms with Crippen LogP contribution in [-0.2, 0) is 33.9 Å². The lowest BCUT2D eigenvalue weighted by Gasteiger charge is -2.33. The fourth-order valence-corrected chi connectivity index (χ4v) is 6.77. The highest BCUT2D eigenvalue weighted by Gasteiger charge is 2.37. The molecule has 178 valence electrons. The highest BCUT2D eigenvalue weighted by Crippen LogP contribution is 2.44. The Morgan fingerprint density at radius 2 is 1.97 bits per heavy atom. The van der Waals surface area contributed by atoms with Crippen molar-refractivity contribution in [2.75, 3.05) is 18.1 Å². The van der Waals surface area contributed by atoms with Gasteiger partial charge in [0.05, 0.1) is 29.0 Å². The van der Waals surface area contributed by atoms with Gasteiger partial charge in [0.2, 0.25) is 0 Å². The zero-order valence-electron chi connectivity index (χ0n) is 18.6. The van der Waals surface area contributed by atoms with Crippen molar-refractivity contribution in [2.24, 2.45) is 0 Å². The number of benzene rings is 1. The summed E-state index contributed by atoms with van der Waals surface area (Å²) in [5, 5.41) is 13.2. The summed E-state index contributed by atoms with van der Waals surface area (Å²) in [6.45, 7) is 3.58. The fourth-order valence-electron chi connectivity index (χ4n) is 5.03. The number of aryl methyl sites for hydroxylation is 2. The number of carbonyl (C=O) groups is 1. The van der Waals surface area contributed by atoms with Gasteiger partial charge in [0, 0.05) is 17.2 Å². The minimum absolute atomic E-state index is 0.302. The molecule has 2 aromatic rings. The summed E-state index contributed by atoms with van der Waals surface area (Å²) in [4.78, 5) is 25.1. The molecule has 2 aliphatic heterocycles. The maximum absolute atomic E-state index is 12.6. The number of sulfone groups is 1. The molecule has 3 aliphatic rings. The first kappa shape index (κ1) is 22.2. The van der Waals surface area contributed by atoms with Crippen molar-refractivity contribution in [3.8, 4) is 11.5 Å². The Morgan fingerprint density at radius 3 is 2.70 bits per heavy atom. The Balaban J connectivity index is 1.48. The van der Waals surface area contributed by atoms with Gasteiger partial charge in [-0.05, 0) is 51.5 Å². The van der Waals surface area contributed by atoms with Crippen molar-refractivity contribution >= 4 is 26.7 Å². The smallest absolute Gasteiger partial charge is 0.339 e. The largest absolute Gasteiger partial charge is 0.487 e. The van der Waals surface area contributed by atoms with Crippen molar-refractivity contribution in [1.29, 1.82) is 0 Å². The molecular formula is C23H27NO8S. The Kier molecular flexibility index (Phi) is 5.20. The van der Waals surface area contributed by atoms with E-state index < -0.39 is 33.5 Å². The van der Waals surface area contributed by atoms with Crippen LogP contribution in [0.3, 0.4) is 0 Å². The number of hydrogen-bond acceptors (Lipinski definition) is 8. The summed E-state index contributed by atoms with van der Waals surface area (Å²) in [5.74, 6) is -0.265. The van der Waals surface area contributed by atoms with Gasteiger partial charge in [-0.1, -0.05) is 0 Å². The second-order valence-electron chi connectivity index (χ2n) is 9.72. The van der Waals surface area contributed by atoms with Gasteiger partial charge in [0.25, 0.3) is 5.91 Å². The molecule has 0 saturated carbocycles. The first-order chi connectivity index (χ1) is 15.5. The second-order valence-corrected chi connectivity index (χ2v) is 11.9. The van der Waals surface area contributed by atoms with Crippen LogP contribution in [0.2, 0.25) is 0 Å². The van der Waals surface area contributed by atoms with Crippen molar-refractivity contribution in [3.63, 3.8) is 0 Å². The maximum atomic E-state index is 12.6. The standard InChI is InChI=1S/C23H27NO8S/c1-23(2)7-6-14-17(32-23)8-18(20-12-4-3-5-13(12)22(27)31-21(14)20)30-9-19(26)24-15-10-33(28,29)11-16(15)25/h8,15-16,25H,3-7,9-11H2,1-2H3,(H,24,26)/t15-,16+/m0/s1. The molecule has 0 unspecified atom stereocenters. The van der Waals surface area contributed by atoms with E-state index in [1.165, 1.54) is 0 Å². The number of ether oxygens (including phenoxy) is 2. The monoisotopic (exact) mass is 477 g/mol. The molecule has 1 amide bonds. The molecule has 3 heterocycles. The van der Waals surface area contributed by atoms with Gasteiger partial charge in [0.1, 0.15) is 22.7 Å². The quantitative estimate of drug-likeness (QED) is 0.625. The van der Waals surface area contributed by atoms with Crippen molar-refractivity contribution in [2.45, 2.75) is 63.7 Å². The lowest BCUT2D eigenvalue weighted by Crippen LogP contribution is -2.44. The van der Waals surface area contributed by atoms with Crippen LogP contribution in [0.1, 0.15) is 43.4 Å². The van der Waals surface area contributed by atoms with Gasteiger partial charge >= 0.3 is 5.63 Å². The molecule has 9 nitrogen and oxygen atoms in total. The van der Waals surface area contributed by atoms with Gasteiger partial charge in [0.15, 0.2) is 16.4 Å². The van der Waals surface area contributed by atoms with Gasteiger partial charge in [-0.2, -0.15) is 0 Å². The van der Waals surface area contributed by atoms with Crippen molar-refractivity contribution < 1.29 is 32.2 Å². The predicted molar refractivity (Wildman–Crippen MR) is 120 cm³/mol. The molecule has 1 fully saturated rings. The molecule has 1 saturated heterocycles. The SMILES string of the molecule is CC1(C)CCc2c(cc(OCC(=O)N[C@H]3CS(=O)(=O)C[C@H]3O)c3c4c(c(=O)oc23)CCC4)O1. The first-order valence-electron chi connectivity index (χ1n) is 11.2. The van der Waals surface area contributed by atoms with Gasteiger partial charge < -0.3 is 24.3 Å². The molecule has 1 aliphatic carbocycles. The fraction of sp³-hybridized carbons (Fsp3) is 0.565. The molecule has 5 rings (SSSR count). The molecule has 1 aromatic heterocycles. The van der Waals surface area contributed by atoms with Crippen LogP contribution in [0, 0.1) is 0 Å². The topological polar surface area (TPSA) is 132 Å². The molecule has 10 heteroatoms. The molecule has 2 atom stereocenters. The van der Waals surface area contributed by atoms with Crippen LogP contribution in [0.4, 0.5) is 0 Å². The van der Waals surface area contributed by atoms with E-state index in [-0.39, 0.29) is 23.7 Å². The second kappa shape index (κ2) is 7.73. The van der Waals surface area contributed by atoms with Crippen LogP contribution in [-0.4, -0.2) is 55.3 Å². The van der Waals surface area contributed by atoms with Gasteiger partial charge in [-0.3, -0.25) is 4.79 Å². The van der Waals surface area contributed by atoms with Gasteiger partial charge in [-0.25, -0.2) is 13.2 Å². The molecule has 0 radical (unpaired) electrons. The number of nitrogens with one attached hydrogen (secondary N) is 1. The van der Waals surface area contributed by atoms with Crippen LogP contribution in [0.5, 0.6) is 11.5 Å². The van der Waals surface area contributed by atoms with E-state index in [0.717, 1.165) is 30.4 Å². The highest BCUT2D eigenvalue weighted by atomic mass is 32.2. The highest BCUT2D eigenvalue weighted by molar-refractivity contribution is 7.91. The molecule has 2 N–H and O–H groups in total. The average Bonchev–Trinajstić information content (AvgIpc) is 3.29. The van der Waals surface area contributed by atoms with E-state index in [1.54, 1.807) is 6.07 Å². The minimum Gasteiger partial charge on any atom is -0.487 e. The Hall–Kier alpha value is -2.59. The van der Waals surface area contributed by atoms with E-state index in [4.69, 9.17) is 13.9 Å². The van der Waals surface area contributed by atoms with E-state index >= 15 is 0 Å². The zero-order valence-corrected chi connectivity index (χ0v) is 19.4. The van der Waals surface area contributed by atoms with Crippen LogP contribution in [0.15, 0.2) is 15.3 Å². The Morgan fingerprint density at radius 1 is 1.21 bits per heavy atom. The number of amides is 1. The first-order valence-corrected chi connectivity index (χ1v) is 13.0. The number of rotatable bonds is 4. The number of aliphatic hydroxyl groups excluding tert-OH is 1. The van der Waals surface area contributed by atoms with E-state index in [0.29, 0.717) is 40.9 Å². The Labute approximate surface area is 191 Å². The third-order valence-corrected chi connectivity index (χ3v) is 8.38. The normalized spacial score (nSPS) is 24.7. The van der Waals surface area contributed by atoms with Gasteiger partial charge in [-0.15, -0.1) is 0 Å². The third kappa shape index (κ3) is 4.10. The minimum atomic E-state index is -3.38. The van der Waals surface area contributed by atoms with E-state index in [1.807, 2.05) is 13.8 Å². The van der Waals surface area contributed by atoms with Crippen molar-refractivity contribution in [1.82, 2.24) is 5.32 Å². The zero-order chi connectivity index (χ0) is 23.5. The number of fused-ring (bicyclic) bond motifs is 5. The molecule has 0 spiro atoms. The molecular weight excluding hydrogens is 450 g/mol. The Bertz CT molecular complexity index is 1310. The van der Waals surface area contributed by atoms with Crippen LogP contribution >= 0.6 is 0 Å². The van der Waals surface area contributed by atoms with Crippen molar-refractivity contribution in [3.05, 3.63) is 33.2 Å². The molecule has 0 bridgehead atoms. The summed E-state index contributed by atoms with van der Waals surface area (Å²) in [7, 11) is -3.38. The lowest BCUT2D eigenvalue weighted by molar-refractivity contribution is -0.124. The summed E-state index contributed by atoms with van der Waals surface area (Å²) in [5.41, 5.74) is 2.08. The predicted octanol–water partition coefficient (Wildman–Crippen LogP) is 1.04. The van der Waals surface area contributed by atoms with E-state index in [2.05, 4.69) is 5.32 Å². The summed E-state index contributed by atoms with van der Waals surface area (Å²) in [6.07, 6.45) is 2.52. The summed E-state index contributed by atoms with van der Waals surface area (Å²) in [6, 6.07) is 0.886. The molecule has 1 aromatic carbocycles. The summed E-state index contributed by atoms with van der Waals surface area (Å²) < 4.78 is 41.2. The lowest BCUT2D eigenvalue weighted by atomic mass is 9.91. The van der Waals surface area contributed by atoms with Crippen LogP contribution < -0.4 is 20.4 Å². The average molecular weight is 478 g/mol.